The fraction of sp³-hybridized carbons (Fsp3) is 0.217. The van der Waals surface area contributed by atoms with Gasteiger partial charge in [-0.25, -0.2) is 0 Å². The topological polar surface area (TPSA) is 111 Å². The lowest BCUT2D eigenvalue weighted by atomic mass is 10.1. The van der Waals surface area contributed by atoms with E-state index in [0.29, 0.717) is 23.8 Å². The molecule has 0 atom stereocenters. The summed E-state index contributed by atoms with van der Waals surface area (Å²) in [5.41, 5.74) is 0.558. The standard InChI is InChI=1S/C23H21N3O5/c1-14(27)16-7-8-19(21(28)11-16)24-23(29)20-9-10-22(26-25-20)31-18-4-2-3-17(12-18)30-13-15-5-6-15/h2-4,7-12,15,28H,5-6,13H2,1H3,(H,24,29). The Balaban J connectivity index is 1.38. The fourth-order valence-electron chi connectivity index (χ4n) is 2.79. The third kappa shape index (κ3) is 5.36. The smallest absolute Gasteiger partial charge is 0.276 e. The van der Waals surface area contributed by atoms with Crippen LogP contribution < -0.4 is 14.8 Å². The summed E-state index contributed by atoms with van der Waals surface area (Å²) in [7, 11) is 0. The normalized spacial score (nSPS) is 12.8. The van der Waals surface area contributed by atoms with Gasteiger partial charge in [0.25, 0.3) is 5.91 Å². The predicted molar refractivity (Wildman–Crippen MR) is 113 cm³/mol. The van der Waals surface area contributed by atoms with Crippen LogP contribution in [0.2, 0.25) is 0 Å². The van der Waals surface area contributed by atoms with Gasteiger partial charge < -0.3 is 19.9 Å². The first-order chi connectivity index (χ1) is 15.0. The molecule has 3 aromatic rings. The number of aromatic nitrogens is 2. The first-order valence-corrected chi connectivity index (χ1v) is 9.87. The monoisotopic (exact) mass is 419 g/mol. The second kappa shape index (κ2) is 8.83. The zero-order chi connectivity index (χ0) is 21.8. The Hall–Kier alpha value is -3.94. The predicted octanol–water partition coefficient (Wildman–Crippen LogP) is 4.22. The summed E-state index contributed by atoms with van der Waals surface area (Å²) >= 11 is 0. The van der Waals surface area contributed by atoms with Gasteiger partial charge in [-0.15, -0.1) is 10.2 Å². The molecule has 0 saturated heterocycles. The van der Waals surface area contributed by atoms with Gasteiger partial charge in [0.2, 0.25) is 5.88 Å². The van der Waals surface area contributed by atoms with Crippen molar-refractivity contribution >= 4 is 17.4 Å². The zero-order valence-corrected chi connectivity index (χ0v) is 16.9. The molecule has 4 rings (SSSR count). The number of hydrogen-bond donors (Lipinski definition) is 2. The first kappa shape index (κ1) is 20.3. The lowest BCUT2D eigenvalue weighted by molar-refractivity contribution is 0.101. The molecule has 8 heteroatoms. The number of nitrogens with zero attached hydrogens (tertiary/aromatic N) is 2. The lowest BCUT2D eigenvalue weighted by Crippen LogP contribution is -2.14. The number of Topliss-reactive ketones (excluding diaryl/α,β-unsaturated/α-hetero) is 1. The van der Waals surface area contributed by atoms with E-state index in [9.17, 15) is 14.7 Å². The highest BCUT2D eigenvalue weighted by molar-refractivity contribution is 6.04. The molecular weight excluding hydrogens is 398 g/mol. The molecule has 1 saturated carbocycles. The van der Waals surface area contributed by atoms with Gasteiger partial charge in [-0.2, -0.15) is 0 Å². The molecule has 0 unspecified atom stereocenters. The third-order valence-corrected chi connectivity index (χ3v) is 4.74. The average molecular weight is 419 g/mol. The molecule has 0 aliphatic heterocycles. The molecule has 8 nitrogen and oxygen atoms in total. The summed E-state index contributed by atoms with van der Waals surface area (Å²) in [5, 5.41) is 20.4. The van der Waals surface area contributed by atoms with Crippen LogP contribution in [0.15, 0.2) is 54.6 Å². The number of phenolic OH excluding ortho intramolecular Hbond substituents is 1. The quantitative estimate of drug-likeness (QED) is 0.415. The molecule has 0 spiro atoms. The minimum absolute atomic E-state index is 0.0453. The van der Waals surface area contributed by atoms with E-state index in [-0.39, 0.29) is 28.8 Å². The number of ketones is 1. The van der Waals surface area contributed by atoms with Gasteiger partial charge in [0, 0.05) is 17.7 Å². The van der Waals surface area contributed by atoms with E-state index in [0.717, 1.165) is 5.75 Å². The van der Waals surface area contributed by atoms with Gasteiger partial charge in [0.05, 0.1) is 12.3 Å². The van der Waals surface area contributed by atoms with Crippen molar-refractivity contribution in [1.82, 2.24) is 10.2 Å². The van der Waals surface area contributed by atoms with Crippen molar-refractivity contribution in [3.05, 3.63) is 65.9 Å². The molecule has 1 fully saturated rings. The molecule has 2 N–H and O–H groups in total. The Labute approximate surface area is 178 Å². The van der Waals surface area contributed by atoms with Crippen molar-refractivity contribution in [3.8, 4) is 23.1 Å². The second-order valence-corrected chi connectivity index (χ2v) is 7.33. The molecule has 0 bridgehead atoms. The maximum Gasteiger partial charge on any atom is 0.276 e. The Kier molecular flexibility index (Phi) is 5.79. The Morgan fingerprint density at radius 3 is 2.55 bits per heavy atom. The summed E-state index contributed by atoms with van der Waals surface area (Å²) in [6, 6.07) is 14.5. The van der Waals surface area contributed by atoms with Crippen molar-refractivity contribution in [2.24, 2.45) is 5.92 Å². The van der Waals surface area contributed by atoms with Crippen molar-refractivity contribution < 1.29 is 24.2 Å². The van der Waals surface area contributed by atoms with Gasteiger partial charge in [0.15, 0.2) is 11.5 Å². The van der Waals surface area contributed by atoms with Crippen molar-refractivity contribution in [3.63, 3.8) is 0 Å². The van der Waals surface area contributed by atoms with Gasteiger partial charge in [-0.05, 0) is 62.1 Å². The van der Waals surface area contributed by atoms with Crippen LogP contribution in [0.5, 0.6) is 23.1 Å². The minimum Gasteiger partial charge on any atom is -0.506 e. The molecular formula is C23H21N3O5. The number of hydrogen-bond acceptors (Lipinski definition) is 7. The Morgan fingerprint density at radius 1 is 1.06 bits per heavy atom. The van der Waals surface area contributed by atoms with E-state index in [1.165, 1.54) is 50.1 Å². The lowest BCUT2D eigenvalue weighted by Gasteiger charge is -2.09. The van der Waals surface area contributed by atoms with E-state index in [1.807, 2.05) is 12.1 Å². The summed E-state index contributed by atoms with van der Waals surface area (Å²) in [5.74, 6) is 1.21. The van der Waals surface area contributed by atoms with Crippen LogP contribution in [0.1, 0.15) is 40.6 Å². The average Bonchev–Trinajstić information content (AvgIpc) is 3.59. The van der Waals surface area contributed by atoms with E-state index < -0.39 is 5.91 Å². The van der Waals surface area contributed by atoms with E-state index in [2.05, 4.69) is 15.5 Å². The maximum absolute atomic E-state index is 12.4. The number of ether oxygens (including phenoxy) is 2. The number of rotatable bonds is 8. The second-order valence-electron chi connectivity index (χ2n) is 7.33. The number of carbonyl (C=O) groups is 2. The van der Waals surface area contributed by atoms with E-state index >= 15 is 0 Å². The van der Waals surface area contributed by atoms with Gasteiger partial charge in [0.1, 0.15) is 17.2 Å². The molecule has 2 aromatic carbocycles. The van der Waals surface area contributed by atoms with Crippen molar-refractivity contribution in [1.29, 1.82) is 0 Å². The van der Waals surface area contributed by atoms with Crippen LogP contribution in [0.25, 0.3) is 0 Å². The summed E-state index contributed by atoms with van der Waals surface area (Å²) < 4.78 is 11.4. The number of nitrogens with one attached hydrogen (secondary N) is 1. The molecule has 158 valence electrons. The molecule has 1 heterocycles. The van der Waals surface area contributed by atoms with Crippen molar-refractivity contribution in [2.45, 2.75) is 19.8 Å². The number of benzene rings is 2. The molecule has 1 aliphatic carbocycles. The first-order valence-electron chi connectivity index (χ1n) is 9.87. The van der Waals surface area contributed by atoms with Crippen LogP contribution in [0.4, 0.5) is 5.69 Å². The Bertz CT molecular complexity index is 1110. The molecule has 31 heavy (non-hydrogen) atoms. The zero-order valence-electron chi connectivity index (χ0n) is 16.9. The highest BCUT2D eigenvalue weighted by Gasteiger charge is 2.22. The van der Waals surface area contributed by atoms with Gasteiger partial charge in [-0.1, -0.05) is 6.07 Å². The van der Waals surface area contributed by atoms with Gasteiger partial charge in [-0.3, -0.25) is 9.59 Å². The molecule has 1 aliphatic rings. The summed E-state index contributed by atoms with van der Waals surface area (Å²) in [6.45, 7) is 2.10. The van der Waals surface area contributed by atoms with E-state index in [4.69, 9.17) is 9.47 Å². The maximum atomic E-state index is 12.4. The highest BCUT2D eigenvalue weighted by Crippen LogP contribution is 2.31. The number of phenols is 1. The van der Waals surface area contributed by atoms with Crippen LogP contribution in [0, 0.1) is 5.92 Å². The minimum atomic E-state index is -0.555. The number of amides is 1. The summed E-state index contributed by atoms with van der Waals surface area (Å²) in [4.78, 5) is 23.7. The number of anilines is 1. The number of carbonyl (C=O) groups excluding carboxylic acids is 2. The van der Waals surface area contributed by atoms with E-state index in [1.54, 1.807) is 12.1 Å². The van der Waals surface area contributed by atoms with Crippen LogP contribution in [-0.4, -0.2) is 33.6 Å². The molecule has 1 amide bonds. The van der Waals surface area contributed by atoms with Gasteiger partial charge >= 0.3 is 0 Å². The fourth-order valence-corrected chi connectivity index (χ4v) is 2.79. The van der Waals surface area contributed by atoms with Crippen LogP contribution in [-0.2, 0) is 0 Å². The van der Waals surface area contributed by atoms with Crippen LogP contribution >= 0.6 is 0 Å². The SMILES string of the molecule is CC(=O)c1ccc(NC(=O)c2ccc(Oc3cccc(OCC4CC4)c3)nn2)c(O)c1. The largest absolute Gasteiger partial charge is 0.506 e. The van der Waals surface area contributed by atoms with Crippen LogP contribution in [0.3, 0.4) is 0 Å². The molecule has 1 aromatic heterocycles. The number of aromatic hydroxyl groups is 1. The molecule has 0 radical (unpaired) electrons. The third-order valence-electron chi connectivity index (χ3n) is 4.74. The highest BCUT2D eigenvalue weighted by atomic mass is 16.5. The summed E-state index contributed by atoms with van der Waals surface area (Å²) in [6.07, 6.45) is 2.43. The Morgan fingerprint density at radius 2 is 1.87 bits per heavy atom. The van der Waals surface area contributed by atoms with Crippen molar-refractivity contribution in [2.75, 3.05) is 11.9 Å².